The third-order valence-electron chi connectivity index (χ3n) is 4.41. The Bertz CT molecular complexity index is 444. The molecule has 2 fully saturated rings. The monoisotopic (exact) mass is 303 g/mol. The van der Waals surface area contributed by atoms with Crippen LogP contribution in [0.25, 0.3) is 0 Å². The highest BCUT2D eigenvalue weighted by Gasteiger charge is 2.32. The van der Waals surface area contributed by atoms with Gasteiger partial charge in [0.05, 0.1) is 11.7 Å². The van der Waals surface area contributed by atoms with E-state index in [1.54, 1.807) is 6.92 Å². The second kappa shape index (κ2) is 6.41. The van der Waals surface area contributed by atoms with Crippen molar-refractivity contribution in [3.05, 3.63) is 0 Å². The largest absolute Gasteiger partial charge is 0.353 e. The molecule has 2 aliphatic rings. The van der Waals surface area contributed by atoms with Gasteiger partial charge >= 0.3 is 0 Å². The van der Waals surface area contributed by atoms with Crippen molar-refractivity contribution in [3.8, 4) is 0 Å². The van der Waals surface area contributed by atoms with Crippen LogP contribution in [0, 0.1) is 11.8 Å². The van der Waals surface area contributed by atoms with Gasteiger partial charge in [-0.15, -0.1) is 0 Å². The molecule has 2 saturated heterocycles. The van der Waals surface area contributed by atoms with Gasteiger partial charge in [0.2, 0.25) is 15.9 Å². The number of carbonyl (C=O) groups is 1. The molecule has 2 heterocycles. The maximum atomic E-state index is 12.2. The predicted molar refractivity (Wildman–Crippen MR) is 77.7 cm³/mol. The molecule has 2 aliphatic heterocycles. The summed E-state index contributed by atoms with van der Waals surface area (Å²) in [5, 5.41) is 6.31. The average Bonchev–Trinajstić information content (AvgIpc) is 2.85. The minimum atomic E-state index is -3.09. The molecule has 0 aromatic rings. The number of sulfonamides is 1. The second-order valence-electron chi connectivity index (χ2n) is 5.82. The highest BCUT2D eigenvalue weighted by Crippen LogP contribution is 2.18. The summed E-state index contributed by atoms with van der Waals surface area (Å²) in [6.07, 6.45) is 1.42. The topological polar surface area (TPSA) is 78.5 Å². The molecule has 20 heavy (non-hydrogen) atoms. The van der Waals surface area contributed by atoms with E-state index in [0.29, 0.717) is 31.8 Å². The lowest BCUT2D eigenvalue weighted by Crippen LogP contribution is -2.48. The minimum absolute atomic E-state index is 0.0485. The highest BCUT2D eigenvalue weighted by molar-refractivity contribution is 7.89. The zero-order chi connectivity index (χ0) is 14.8. The third-order valence-corrected chi connectivity index (χ3v) is 6.29. The van der Waals surface area contributed by atoms with E-state index in [9.17, 15) is 13.2 Å². The lowest BCUT2D eigenvalue weighted by molar-refractivity contribution is -0.126. The van der Waals surface area contributed by atoms with Crippen LogP contribution >= 0.6 is 0 Å². The molecule has 1 amide bonds. The Balaban J connectivity index is 1.81. The molecule has 0 aliphatic carbocycles. The predicted octanol–water partition coefficient (Wildman–Crippen LogP) is -0.228. The van der Waals surface area contributed by atoms with Crippen molar-refractivity contribution in [3.63, 3.8) is 0 Å². The number of hydrogen-bond donors (Lipinski definition) is 2. The van der Waals surface area contributed by atoms with Crippen LogP contribution in [-0.4, -0.2) is 56.6 Å². The van der Waals surface area contributed by atoms with E-state index < -0.39 is 10.0 Å². The van der Waals surface area contributed by atoms with Crippen LogP contribution in [0.4, 0.5) is 0 Å². The molecule has 0 aromatic heterocycles. The minimum Gasteiger partial charge on any atom is -0.353 e. The number of piperidine rings is 1. The van der Waals surface area contributed by atoms with Crippen molar-refractivity contribution in [1.82, 2.24) is 14.9 Å². The van der Waals surface area contributed by atoms with E-state index in [1.807, 2.05) is 0 Å². The molecule has 2 N–H and O–H groups in total. The van der Waals surface area contributed by atoms with Crippen LogP contribution in [0.15, 0.2) is 0 Å². The fraction of sp³-hybridized carbons (Fsp3) is 0.923. The number of carbonyl (C=O) groups excluding carboxylic acids is 1. The SMILES string of the molecule is CCS(=O)(=O)N1CCC(NC(=O)[C@@H]2CNC[C@H]2C)CC1. The Labute approximate surface area is 121 Å². The number of amides is 1. The number of nitrogens with one attached hydrogen (secondary N) is 2. The summed E-state index contributed by atoms with van der Waals surface area (Å²) in [7, 11) is -3.09. The van der Waals surface area contributed by atoms with Crippen LogP contribution < -0.4 is 10.6 Å². The molecule has 116 valence electrons. The van der Waals surface area contributed by atoms with E-state index in [-0.39, 0.29) is 23.6 Å². The summed E-state index contributed by atoms with van der Waals surface area (Å²) in [5.74, 6) is 0.678. The summed E-state index contributed by atoms with van der Waals surface area (Å²) in [6.45, 7) is 6.42. The quantitative estimate of drug-likeness (QED) is 0.752. The summed E-state index contributed by atoms with van der Waals surface area (Å²) >= 11 is 0. The maximum absolute atomic E-state index is 12.2. The molecule has 0 unspecified atom stereocenters. The van der Waals surface area contributed by atoms with Crippen LogP contribution in [0.2, 0.25) is 0 Å². The first-order valence-electron chi connectivity index (χ1n) is 7.43. The first-order chi connectivity index (χ1) is 9.44. The normalized spacial score (nSPS) is 29.5. The smallest absolute Gasteiger partial charge is 0.224 e. The van der Waals surface area contributed by atoms with Gasteiger partial charge in [0.1, 0.15) is 0 Å². The van der Waals surface area contributed by atoms with Gasteiger partial charge < -0.3 is 10.6 Å². The van der Waals surface area contributed by atoms with Crippen molar-refractivity contribution in [2.45, 2.75) is 32.7 Å². The van der Waals surface area contributed by atoms with E-state index in [4.69, 9.17) is 0 Å². The van der Waals surface area contributed by atoms with Gasteiger partial charge in [0.25, 0.3) is 0 Å². The standard InChI is InChI=1S/C13H25N3O3S/c1-3-20(18,19)16-6-4-11(5-7-16)15-13(17)12-9-14-8-10(12)2/h10-12,14H,3-9H2,1-2H3,(H,15,17)/t10-,12-/m1/s1. The molecule has 0 saturated carbocycles. The molecular formula is C13H25N3O3S. The Morgan fingerprint density at radius 1 is 1.30 bits per heavy atom. The average molecular weight is 303 g/mol. The molecule has 0 radical (unpaired) electrons. The number of hydrogen-bond acceptors (Lipinski definition) is 4. The van der Waals surface area contributed by atoms with Crippen molar-refractivity contribution in [2.75, 3.05) is 31.9 Å². The van der Waals surface area contributed by atoms with Gasteiger partial charge in [0.15, 0.2) is 0 Å². The van der Waals surface area contributed by atoms with Gasteiger partial charge in [-0.05, 0) is 32.2 Å². The summed E-state index contributed by atoms with van der Waals surface area (Å²) in [5.41, 5.74) is 0. The Morgan fingerprint density at radius 3 is 2.45 bits per heavy atom. The van der Waals surface area contributed by atoms with Crippen molar-refractivity contribution >= 4 is 15.9 Å². The van der Waals surface area contributed by atoms with E-state index >= 15 is 0 Å². The summed E-state index contributed by atoms with van der Waals surface area (Å²) in [4.78, 5) is 12.2. The second-order valence-corrected chi connectivity index (χ2v) is 8.08. The molecule has 7 heteroatoms. The van der Waals surface area contributed by atoms with Crippen molar-refractivity contribution in [2.24, 2.45) is 11.8 Å². The van der Waals surface area contributed by atoms with Gasteiger partial charge in [-0.25, -0.2) is 12.7 Å². The van der Waals surface area contributed by atoms with E-state index in [0.717, 1.165) is 13.1 Å². The molecule has 0 aromatic carbocycles. The maximum Gasteiger partial charge on any atom is 0.224 e. The Hall–Kier alpha value is -0.660. The molecular weight excluding hydrogens is 278 g/mol. The van der Waals surface area contributed by atoms with Crippen molar-refractivity contribution < 1.29 is 13.2 Å². The van der Waals surface area contributed by atoms with Gasteiger partial charge in [-0.2, -0.15) is 0 Å². The lowest BCUT2D eigenvalue weighted by atomic mass is 9.96. The number of nitrogens with zero attached hydrogens (tertiary/aromatic N) is 1. The summed E-state index contributed by atoms with van der Waals surface area (Å²) < 4.78 is 25.1. The van der Waals surface area contributed by atoms with Crippen LogP contribution in [0.5, 0.6) is 0 Å². The first kappa shape index (κ1) is 15.7. The fourth-order valence-corrected chi connectivity index (χ4v) is 4.06. The van der Waals surface area contributed by atoms with Crippen LogP contribution in [0.3, 0.4) is 0 Å². The third kappa shape index (κ3) is 3.51. The molecule has 2 atom stereocenters. The summed E-state index contributed by atoms with van der Waals surface area (Å²) in [6, 6.07) is 0.110. The van der Waals surface area contributed by atoms with E-state index in [1.165, 1.54) is 4.31 Å². The molecule has 6 nitrogen and oxygen atoms in total. The van der Waals surface area contributed by atoms with E-state index in [2.05, 4.69) is 17.6 Å². The van der Waals surface area contributed by atoms with Crippen LogP contribution in [0.1, 0.15) is 26.7 Å². The Morgan fingerprint density at radius 2 is 1.95 bits per heavy atom. The molecule has 2 rings (SSSR count). The first-order valence-corrected chi connectivity index (χ1v) is 9.04. The lowest BCUT2D eigenvalue weighted by Gasteiger charge is -2.32. The zero-order valence-electron chi connectivity index (χ0n) is 12.3. The van der Waals surface area contributed by atoms with Gasteiger partial charge in [-0.3, -0.25) is 4.79 Å². The number of rotatable bonds is 4. The van der Waals surface area contributed by atoms with Gasteiger partial charge in [0, 0.05) is 25.7 Å². The molecule has 0 spiro atoms. The Kier molecular flexibility index (Phi) is 5.04. The van der Waals surface area contributed by atoms with Crippen molar-refractivity contribution in [1.29, 1.82) is 0 Å². The fourth-order valence-electron chi connectivity index (χ4n) is 2.93. The van der Waals surface area contributed by atoms with Gasteiger partial charge in [-0.1, -0.05) is 6.92 Å². The molecule has 0 bridgehead atoms. The zero-order valence-corrected chi connectivity index (χ0v) is 13.1. The van der Waals surface area contributed by atoms with Crippen LogP contribution in [-0.2, 0) is 14.8 Å². The highest BCUT2D eigenvalue weighted by atomic mass is 32.2.